The zero-order chi connectivity index (χ0) is 18.1. The van der Waals surface area contributed by atoms with Gasteiger partial charge in [0.25, 0.3) is 0 Å². The summed E-state index contributed by atoms with van der Waals surface area (Å²) >= 11 is 0. The smallest absolute Gasteiger partial charge is 0.404 e. The minimum atomic E-state index is -4.86. The van der Waals surface area contributed by atoms with Gasteiger partial charge in [-0.25, -0.2) is 8.96 Å². The number of nitrogens with one attached hydrogen (secondary N) is 1. The zero-order valence-electron chi connectivity index (χ0n) is 13.4. The third-order valence-corrected chi connectivity index (χ3v) is 3.86. The molecule has 0 aliphatic carbocycles. The van der Waals surface area contributed by atoms with E-state index in [4.69, 9.17) is 15.5 Å². The van der Waals surface area contributed by atoms with Gasteiger partial charge in [0.2, 0.25) is 5.67 Å². The maximum Gasteiger partial charge on any atom is 0.524 e. The number of aldehydes is 1. The average molecular weight is 362 g/mol. The highest BCUT2D eigenvalue weighted by atomic mass is 31.2. The van der Waals surface area contributed by atoms with Gasteiger partial charge < -0.3 is 15.6 Å². The van der Waals surface area contributed by atoms with Gasteiger partial charge in [0, 0.05) is 12.1 Å². The van der Waals surface area contributed by atoms with Crippen molar-refractivity contribution >= 4 is 14.1 Å². The van der Waals surface area contributed by atoms with Crippen LogP contribution in [0, 0.1) is 0 Å². The molecule has 0 fully saturated rings. The molecule has 0 aromatic heterocycles. The number of unbranched alkanes of at least 4 members (excludes halogenated alkanes) is 3. The second-order valence-electron chi connectivity index (χ2n) is 5.44. The van der Waals surface area contributed by atoms with Gasteiger partial charge in [-0.15, -0.1) is 0 Å². The predicted molar refractivity (Wildman–Crippen MR) is 88.4 cm³/mol. The predicted octanol–water partition coefficient (Wildman–Crippen LogP) is 1.63. The van der Waals surface area contributed by atoms with Crippen LogP contribution >= 0.6 is 7.82 Å². The van der Waals surface area contributed by atoms with Crippen LogP contribution in [-0.2, 0) is 15.0 Å². The second kappa shape index (κ2) is 9.86. The minimum Gasteiger partial charge on any atom is -0.404 e. The third kappa shape index (κ3) is 7.07. The Balaban J connectivity index is 2.70. The Kier molecular flexibility index (Phi) is 8.52. The van der Waals surface area contributed by atoms with Crippen molar-refractivity contribution in [1.82, 2.24) is 5.32 Å². The Hall–Kier alpha value is -1.31. The lowest BCUT2D eigenvalue weighted by Crippen LogP contribution is -2.36. The normalized spacial score (nSPS) is 14.2. The lowest BCUT2D eigenvalue weighted by Gasteiger charge is -2.23. The molecule has 24 heavy (non-hydrogen) atoms. The SMILES string of the molecule is NCCCCCCNCC(F)(C=O)c1ccccc1OP(=O)(O)O. The summed E-state index contributed by atoms with van der Waals surface area (Å²) in [7, 11) is -4.86. The van der Waals surface area contributed by atoms with Crippen molar-refractivity contribution in [2.75, 3.05) is 19.6 Å². The van der Waals surface area contributed by atoms with E-state index >= 15 is 0 Å². The fourth-order valence-corrected chi connectivity index (χ4v) is 2.65. The average Bonchev–Trinajstić information content (AvgIpc) is 2.53. The van der Waals surface area contributed by atoms with E-state index in [1.165, 1.54) is 24.3 Å². The number of nitrogens with two attached hydrogens (primary N) is 1. The molecule has 1 aromatic carbocycles. The Morgan fingerprint density at radius 3 is 2.54 bits per heavy atom. The number of benzene rings is 1. The fourth-order valence-electron chi connectivity index (χ4n) is 2.24. The number of halogens is 1. The highest BCUT2D eigenvalue weighted by Crippen LogP contribution is 2.42. The molecule has 0 amide bonds. The van der Waals surface area contributed by atoms with E-state index < -0.39 is 13.5 Å². The van der Waals surface area contributed by atoms with Gasteiger partial charge in [-0.2, -0.15) is 0 Å². The molecule has 0 aliphatic rings. The molecule has 9 heteroatoms. The first-order valence-corrected chi connectivity index (χ1v) is 9.26. The van der Waals surface area contributed by atoms with Crippen LogP contribution in [0.15, 0.2) is 24.3 Å². The fraction of sp³-hybridized carbons (Fsp3) is 0.533. The Labute approximate surface area is 140 Å². The van der Waals surface area contributed by atoms with Gasteiger partial charge in [-0.1, -0.05) is 31.0 Å². The highest BCUT2D eigenvalue weighted by Gasteiger charge is 2.35. The Bertz CT molecular complexity index is 569. The number of carbonyl (C=O) groups excluding carboxylic acids is 1. The molecule has 1 unspecified atom stereocenters. The summed E-state index contributed by atoms with van der Waals surface area (Å²) in [5, 5.41) is 2.86. The number of alkyl halides is 1. The first-order chi connectivity index (χ1) is 11.3. The topological polar surface area (TPSA) is 122 Å². The third-order valence-electron chi connectivity index (χ3n) is 3.43. The number of carbonyl (C=O) groups is 1. The summed E-state index contributed by atoms with van der Waals surface area (Å²) < 4.78 is 30.4. The van der Waals surface area contributed by atoms with Crippen LogP contribution in [-0.4, -0.2) is 35.7 Å². The van der Waals surface area contributed by atoms with Crippen molar-refractivity contribution in [3.63, 3.8) is 0 Å². The second-order valence-corrected chi connectivity index (χ2v) is 6.60. The molecule has 0 saturated heterocycles. The van der Waals surface area contributed by atoms with Crippen LogP contribution in [0.4, 0.5) is 4.39 Å². The van der Waals surface area contributed by atoms with Crippen LogP contribution in [0.5, 0.6) is 5.75 Å². The first kappa shape index (κ1) is 20.7. The standard InChI is InChI=1S/C15H24FN2O5P/c16-15(12-19,11-18-10-6-2-1-5-9-17)13-7-3-4-8-14(13)23-24(20,21)22/h3-4,7-8,12,18H,1-2,5-6,9-11,17H2,(H2,20,21,22). The monoisotopic (exact) mass is 362 g/mol. The molecule has 0 bridgehead atoms. The number of hydrogen-bond acceptors (Lipinski definition) is 5. The maximum absolute atomic E-state index is 14.9. The molecule has 0 radical (unpaired) electrons. The van der Waals surface area contributed by atoms with Gasteiger partial charge in [-0.05, 0) is 32.0 Å². The quantitative estimate of drug-likeness (QED) is 0.253. The van der Waals surface area contributed by atoms with Gasteiger partial charge in [0.15, 0.2) is 6.29 Å². The van der Waals surface area contributed by atoms with Crippen molar-refractivity contribution in [3.05, 3.63) is 29.8 Å². The van der Waals surface area contributed by atoms with E-state index in [0.29, 0.717) is 13.1 Å². The molecule has 0 heterocycles. The summed E-state index contributed by atoms with van der Waals surface area (Å²) in [6, 6.07) is 5.37. The van der Waals surface area contributed by atoms with Gasteiger partial charge in [0.05, 0.1) is 0 Å². The summed E-state index contributed by atoms with van der Waals surface area (Å²) in [6.45, 7) is 0.850. The largest absolute Gasteiger partial charge is 0.524 e. The summed E-state index contributed by atoms with van der Waals surface area (Å²) in [5.41, 5.74) is 2.73. The van der Waals surface area contributed by atoms with Gasteiger partial charge in [-0.3, -0.25) is 14.6 Å². The Morgan fingerprint density at radius 2 is 1.92 bits per heavy atom. The number of hydrogen-bond donors (Lipinski definition) is 4. The van der Waals surface area contributed by atoms with Crippen LogP contribution in [0.3, 0.4) is 0 Å². The maximum atomic E-state index is 14.9. The molecule has 0 spiro atoms. The van der Waals surface area contributed by atoms with E-state index in [1.807, 2.05) is 0 Å². The molecule has 7 nitrogen and oxygen atoms in total. The highest BCUT2D eigenvalue weighted by molar-refractivity contribution is 7.46. The minimum absolute atomic E-state index is 0.107. The van der Waals surface area contributed by atoms with E-state index in [1.54, 1.807) is 0 Å². The Morgan fingerprint density at radius 1 is 1.25 bits per heavy atom. The molecule has 1 atom stereocenters. The van der Waals surface area contributed by atoms with Crippen LogP contribution in [0.25, 0.3) is 0 Å². The van der Waals surface area contributed by atoms with Crippen molar-refractivity contribution in [2.24, 2.45) is 5.73 Å². The van der Waals surface area contributed by atoms with E-state index in [2.05, 4.69) is 9.84 Å². The van der Waals surface area contributed by atoms with Crippen molar-refractivity contribution in [2.45, 2.75) is 31.4 Å². The molecule has 5 N–H and O–H groups in total. The van der Waals surface area contributed by atoms with Crippen molar-refractivity contribution in [1.29, 1.82) is 0 Å². The molecular weight excluding hydrogens is 338 g/mol. The van der Waals surface area contributed by atoms with E-state index in [9.17, 15) is 13.8 Å². The summed E-state index contributed by atoms with van der Waals surface area (Å²) in [4.78, 5) is 29.1. The lowest BCUT2D eigenvalue weighted by atomic mass is 9.96. The summed E-state index contributed by atoms with van der Waals surface area (Å²) in [5.74, 6) is -0.356. The molecule has 136 valence electrons. The van der Waals surface area contributed by atoms with Crippen molar-refractivity contribution in [3.8, 4) is 5.75 Å². The van der Waals surface area contributed by atoms with E-state index in [0.717, 1.165) is 25.7 Å². The molecule has 1 aromatic rings. The number of phosphoric acid groups is 1. The molecule has 1 rings (SSSR count). The van der Waals surface area contributed by atoms with E-state index in [-0.39, 0.29) is 24.1 Å². The first-order valence-electron chi connectivity index (χ1n) is 7.73. The van der Waals surface area contributed by atoms with Crippen LogP contribution < -0.4 is 15.6 Å². The van der Waals surface area contributed by atoms with Gasteiger partial charge in [0.1, 0.15) is 5.75 Å². The molecule has 0 aliphatic heterocycles. The molecule has 0 saturated carbocycles. The summed E-state index contributed by atoms with van der Waals surface area (Å²) in [6.07, 6.45) is 3.80. The van der Waals surface area contributed by atoms with Crippen LogP contribution in [0.1, 0.15) is 31.2 Å². The number of rotatable bonds is 12. The number of phosphoric ester groups is 1. The van der Waals surface area contributed by atoms with Crippen molar-refractivity contribution < 1.29 is 28.1 Å². The molecular formula is C15H24FN2O5P. The van der Waals surface area contributed by atoms with Crippen LogP contribution in [0.2, 0.25) is 0 Å². The number of para-hydroxylation sites is 1. The lowest BCUT2D eigenvalue weighted by molar-refractivity contribution is -0.118. The van der Waals surface area contributed by atoms with Gasteiger partial charge >= 0.3 is 7.82 Å². The zero-order valence-corrected chi connectivity index (χ0v) is 14.3.